The highest BCUT2D eigenvalue weighted by Crippen LogP contribution is 2.69. The van der Waals surface area contributed by atoms with Gasteiger partial charge in [-0.3, -0.25) is 20.2 Å². The van der Waals surface area contributed by atoms with E-state index in [4.69, 9.17) is 32.7 Å². The zero-order chi connectivity index (χ0) is 52.4. The maximum absolute atomic E-state index is 12.9. The molecular formula is C59H70Cl2N2O10. The van der Waals surface area contributed by atoms with Gasteiger partial charge in [-0.25, -0.2) is 9.59 Å². The highest BCUT2D eigenvalue weighted by molar-refractivity contribution is 6.33. The lowest BCUT2D eigenvalue weighted by Crippen LogP contribution is -2.53. The van der Waals surface area contributed by atoms with Crippen molar-refractivity contribution >= 4 is 52.1 Å². The van der Waals surface area contributed by atoms with Crippen LogP contribution in [0.3, 0.4) is 0 Å². The number of hydrogen-bond donors (Lipinski definition) is 2. The third kappa shape index (κ3) is 11.6. The van der Waals surface area contributed by atoms with E-state index in [0.29, 0.717) is 56.9 Å². The maximum Gasteiger partial charge on any atom is 0.339 e. The largest absolute Gasteiger partial charge is 0.486 e. The van der Waals surface area contributed by atoms with Gasteiger partial charge in [0, 0.05) is 24.3 Å². The highest BCUT2D eigenvalue weighted by Gasteiger charge is 2.60. The minimum atomic E-state index is -1.30. The molecule has 4 aliphatic carbocycles. The fourth-order valence-corrected chi connectivity index (χ4v) is 14.9. The summed E-state index contributed by atoms with van der Waals surface area (Å²) in [6, 6.07) is 17.5. The number of non-ortho nitro benzene ring substituents is 2. The molecule has 0 amide bonds. The van der Waals surface area contributed by atoms with Gasteiger partial charge >= 0.3 is 11.9 Å². The van der Waals surface area contributed by atoms with Crippen LogP contribution in [0, 0.1) is 78.4 Å². The van der Waals surface area contributed by atoms with Gasteiger partial charge in [-0.1, -0.05) is 83.2 Å². The van der Waals surface area contributed by atoms with Crippen LogP contribution in [0.15, 0.2) is 78.9 Å². The van der Waals surface area contributed by atoms with Crippen molar-refractivity contribution in [2.75, 3.05) is 0 Å². The van der Waals surface area contributed by atoms with Crippen molar-refractivity contribution in [3.63, 3.8) is 0 Å². The van der Waals surface area contributed by atoms with Crippen LogP contribution in [0.5, 0.6) is 11.5 Å². The quantitative estimate of drug-likeness (QED) is 0.0639. The number of fused-ring (bicyclic) bond motifs is 5. The number of aromatic carboxylic acids is 2. The molecule has 73 heavy (non-hydrogen) atoms. The molecule has 4 aliphatic rings. The van der Waals surface area contributed by atoms with E-state index in [1.165, 1.54) is 131 Å². The number of ether oxygens (including phenoxy) is 2. The third-order valence-electron chi connectivity index (χ3n) is 18.1. The van der Waals surface area contributed by atoms with Crippen molar-refractivity contribution in [2.24, 2.45) is 58.2 Å². The van der Waals surface area contributed by atoms with Gasteiger partial charge in [-0.2, -0.15) is 0 Å². The van der Waals surface area contributed by atoms with Gasteiger partial charge < -0.3 is 19.7 Å². The van der Waals surface area contributed by atoms with Crippen LogP contribution in [0.1, 0.15) is 167 Å². The summed E-state index contributed by atoms with van der Waals surface area (Å²) in [4.78, 5) is 47.3. The number of carboxylic acids is 2. The number of allylic oxidation sites excluding steroid dienone is 1. The molecule has 1 unspecified atom stereocenters. The van der Waals surface area contributed by atoms with Gasteiger partial charge in [-0.05, 0) is 205 Å². The molecule has 4 saturated carbocycles. The van der Waals surface area contributed by atoms with Gasteiger partial charge in [0.2, 0.25) is 0 Å². The molecule has 4 aromatic carbocycles. The summed E-state index contributed by atoms with van der Waals surface area (Å²) in [7, 11) is 0. The average molecular weight is 1040 g/mol. The predicted octanol–water partition coefficient (Wildman–Crippen LogP) is 16.3. The molecule has 0 aromatic heterocycles. The van der Waals surface area contributed by atoms with Crippen LogP contribution in [0.25, 0.3) is 5.57 Å². The van der Waals surface area contributed by atoms with Crippen molar-refractivity contribution in [2.45, 2.75) is 138 Å². The first-order valence-electron chi connectivity index (χ1n) is 26.3. The van der Waals surface area contributed by atoms with Gasteiger partial charge in [-0.15, -0.1) is 0 Å². The summed E-state index contributed by atoms with van der Waals surface area (Å²) in [6.45, 7) is 12.3. The van der Waals surface area contributed by atoms with Gasteiger partial charge in [0.05, 0.1) is 19.9 Å². The first-order chi connectivity index (χ1) is 34.8. The van der Waals surface area contributed by atoms with Crippen molar-refractivity contribution in [3.8, 4) is 11.5 Å². The van der Waals surface area contributed by atoms with E-state index in [0.717, 1.165) is 48.3 Å². The number of rotatable bonds is 20. The molecular weight excluding hydrogens is 968 g/mol. The van der Waals surface area contributed by atoms with Crippen molar-refractivity contribution in [1.82, 2.24) is 0 Å². The molecule has 14 heteroatoms. The Balaban J connectivity index is 1.03. The fourth-order valence-electron chi connectivity index (χ4n) is 14.3. The smallest absolute Gasteiger partial charge is 0.339 e. The maximum atomic E-state index is 12.9. The van der Waals surface area contributed by atoms with Crippen molar-refractivity contribution in [1.29, 1.82) is 0 Å². The van der Waals surface area contributed by atoms with E-state index in [-0.39, 0.29) is 57.3 Å². The van der Waals surface area contributed by atoms with E-state index in [2.05, 4.69) is 34.6 Å². The second kappa shape index (κ2) is 22.6. The Morgan fingerprint density at radius 1 is 0.712 bits per heavy atom. The summed E-state index contributed by atoms with van der Waals surface area (Å²) in [6.07, 6.45) is 19.2. The standard InChI is InChI=1S/C59H70Cl2N2O10/c1-35(2)8-6-9-36(3)49-22-23-50-46-21-16-42-28-37(24-26-58(42,4)51(46)25-27-59(49,50)5)10-7-11-45(40-29-47(56(64)65)54(52(60)31-40)72-33-38-12-17-43(18-13-38)62(68)69)41-30-48(57(66)67)55(53(61)32-41)73-34-39-14-19-44(20-15-39)63(70)71/h11-15,17-20,29-32,35-37,42,46,49-51H,6-10,16,21-28,33-34H2,1-5H3,(H,64,65)(H,66,67)/t36?,37-,42-,46-,49+,50-,51-,58-,59+/m0/s1. The SMILES string of the molecule is CC(C)CCCC(C)[C@H]1CC[C@H]2[C@@H]3CC[C@H]4C[C@@H](CCC=C(c5cc(Cl)c(OCc6ccc([N+](=O)[O-])cc6)c(C(=O)O)c5)c5cc(Cl)c(OCc6ccc([N+](=O)[O-])cc6)c(C(=O)O)c5)CC[C@]4(C)[C@H]3CC[C@]12C. The Labute approximate surface area is 439 Å². The second-order valence-corrected chi connectivity index (χ2v) is 23.5. The molecule has 0 aliphatic heterocycles. The second-order valence-electron chi connectivity index (χ2n) is 22.7. The lowest BCUT2D eigenvalue weighted by Gasteiger charge is -2.61. The van der Waals surface area contributed by atoms with E-state index < -0.39 is 21.8 Å². The van der Waals surface area contributed by atoms with Crippen molar-refractivity contribution < 1.29 is 39.1 Å². The van der Waals surface area contributed by atoms with Crippen molar-refractivity contribution in [3.05, 3.63) is 143 Å². The number of carbonyl (C=O) groups is 2. The van der Waals surface area contributed by atoms with Crippen LogP contribution < -0.4 is 9.47 Å². The van der Waals surface area contributed by atoms with E-state index in [1.807, 2.05) is 6.08 Å². The van der Waals surface area contributed by atoms with Crippen LogP contribution in [-0.2, 0) is 13.2 Å². The normalized spacial score (nSPS) is 25.7. The zero-order valence-electron chi connectivity index (χ0n) is 42.7. The fraction of sp³-hybridized carbons (Fsp3) is 0.525. The zero-order valence-corrected chi connectivity index (χ0v) is 44.3. The molecule has 0 spiro atoms. The Bertz CT molecular complexity index is 2590. The Morgan fingerprint density at radius 3 is 1.74 bits per heavy atom. The predicted molar refractivity (Wildman–Crippen MR) is 285 cm³/mol. The Kier molecular flexibility index (Phi) is 16.6. The minimum Gasteiger partial charge on any atom is -0.486 e. The summed E-state index contributed by atoms with van der Waals surface area (Å²) >= 11 is 13.8. The molecule has 9 atom stereocenters. The molecule has 8 rings (SSSR count). The monoisotopic (exact) mass is 1040 g/mol. The van der Waals surface area contributed by atoms with Gasteiger partial charge in [0.15, 0.2) is 11.5 Å². The lowest BCUT2D eigenvalue weighted by molar-refractivity contribution is -0.385. The summed E-state index contributed by atoms with van der Waals surface area (Å²) in [5.41, 5.74) is 2.64. The number of benzene rings is 4. The minimum absolute atomic E-state index is 0.00443. The van der Waals surface area contributed by atoms with Gasteiger partial charge in [0.25, 0.3) is 11.4 Å². The molecule has 4 fully saturated rings. The van der Waals surface area contributed by atoms with Gasteiger partial charge in [0.1, 0.15) is 24.3 Å². The highest BCUT2D eigenvalue weighted by atomic mass is 35.5. The average Bonchev–Trinajstić information content (AvgIpc) is 3.71. The summed E-state index contributed by atoms with van der Waals surface area (Å²) in [5, 5.41) is 43.5. The molecule has 0 heterocycles. The van der Waals surface area contributed by atoms with E-state index in [9.17, 15) is 40.0 Å². The molecule has 12 nitrogen and oxygen atoms in total. The number of carboxylic acid groups (broad SMARTS) is 2. The van der Waals surface area contributed by atoms with Crippen LogP contribution in [0.2, 0.25) is 10.0 Å². The third-order valence-corrected chi connectivity index (χ3v) is 18.7. The number of nitro groups is 2. The number of nitrogens with zero attached hydrogens (tertiary/aromatic N) is 2. The summed E-state index contributed by atoms with van der Waals surface area (Å²) < 4.78 is 12.0. The Morgan fingerprint density at radius 2 is 1.23 bits per heavy atom. The molecule has 4 aromatic rings. The molecule has 0 saturated heterocycles. The molecule has 0 bridgehead atoms. The first-order valence-corrected chi connectivity index (χ1v) is 27.1. The number of hydrogen-bond acceptors (Lipinski definition) is 8. The number of nitro benzene ring substituents is 2. The van der Waals surface area contributed by atoms with Crippen LogP contribution >= 0.6 is 23.2 Å². The van der Waals surface area contributed by atoms with Crippen LogP contribution in [-0.4, -0.2) is 32.0 Å². The molecule has 2 N–H and O–H groups in total. The van der Waals surface area contributed by atoms with Crippen LogP contribution in [0.4, 0.5) is 11.4 Å². The summed E-state index contributed by atoms with van der Waals surface area (Å²) in [5.74, 6) is 3.20. The molecule has 390 valence electrons. The first kappa shape index (κ1) is 53.8. The van der Waals surface area contributed by atoms with E-state index in [1.54, 1.807) is 12.1 Å². The molecule has 0 radical (unpaired) electrons. The number of halogens is 2. The van der Waals surface area contributed by atoms with E-state index >= 15 is 0 Å². The topological polar surface area (TPSA) is 179 Å². The lowest BCUT2D eigenvalue weighted by atomic mass is 9.44. The Hall–Kier alpha value is -5.46.